The Bertz CT molecular complexity index is 1270. The molecule has 0 atom stereocenters. The highest BCUT2D eigenvalue weighted by Crippen LogP contribution is 2.29. The van der Waals surface area contributed by atoms with E-state index in [1.807, 2.05) is 24.3 Å². The van der Waals surface area contributed by atoms with Crippen LogP contribution in [0.2, 0.25) is 0 Å². The van der Waals surface area contributed by atoms with Gasteiger partial charge in [-0.3, -0.25) is 19.7 Å². The van der Waals surface area contributed by atoms with Crippen LogP contribution in [-0.2, 0) is 4.79 Å². The van der Waals surface area contributed by atoms with Crippen LogP contribution in [0.25, 0.3) is 6.08 Å². The fourth-order valence-electron chi connectivity index (χ4n) is 3.24. The van der Waals surface area contributed by atoms with Gasteiger partial charge in [0.1, 0.15) is 0 Å². The van der Waals surface area contributed by atoms with Crippen molar-refractivity contribution < 1.29 is 14.4 Å². The summed E-state index contributed by atoms with van der Waals surface area (Å²) in [5.41, 5.74) is 2.81. The molecule has 0 saturated carbocycles. The summed E-state index contributed by atoms with van der Waals surface area (Å²) in [6.45, 7) is 0. The van der Waals surface area contributed by atoms with Crippen LogP contribution in [0.1, 0.15) is 37.4 Å². The van der Waals surface area contributed by atoms with Gasteiger partial charge in [0.2, 0.25) is 5.91 Å². The number of ketones is 2. The second-order valence-electron chi connectivity index (χ2n) is 6.79. The Balaban J connectivity index is 1.45. The van der Waals surface area contributed by atoms with E-state index < -0.39 is 5.91 Å². The lowest BCUT2D eigenvalue weighted by molar-refractivity contribution is -0.115. The monoisotopic (exact) mass is 490 g/mol. The van der Waals surface area contributed by atoms with Gasteiger partial charge in [-0.25, -0.2) is 0 Å². The Hall–Kier alpha value is -3.42. The summed E-state index contributed by atoms with van der Waals surface area (Å²) >= 11 is 8.55. The first-order valence-corrected chi connectivity index (χ1v) is 10.5. The van der Waals surface area contributed by atoms with Gasteiger partial charge in [-0.1, -0.05) is 52.3 Å². The molecule has 1 aliphatic carbocycles. The molecule has 0 heterocycles. The van der Waals surface area contributed by atoms with Gasteiger partial charge < -0.3 is 5.32 Å². The van der Waals surface area contributed by atoms with Crippen molar-refractivity contribution in [3.8, 4) is 0 Å². The number of hydrogen-bond donors (Lipinski definition) is 2. The lowest BCUT2D eigenvalue weighted by atomic mass is 9.84. The molecule has 0 saturated heterocycles. The quantitative estimate of drug-likeness (QED) is 0.320. The zero-order valence-electron chi connectivity index (χ0n) is 16.0. The maximum atomic E-state index is 12.8. The highest BCUT2D eigenvalue weighted by Gasteiger charge is 2.29. The molecule has 152 valence electrons. The topological polar surface area (TPSA) is 75.3 Å². The van der Waals surface area contributed by atoms with Crippen molar-refractivity contribution in [1.82, 2.24) is 5.32 Å². The van der Waals surface area contributed by atoms with E-state index in [1.165, 1.54) is 6.08 Å². The highest BCUT2D eigenvalue weighted by atomic mass is 79.9. The molecular weight excluding hydrogens is 476 g/mol. The van der Waals surface area contributed by atoms with Crippen LogP contribution < -0.4 is 10.6 Å². The smallest absolute Gasteiger partial charge is 0.250 e. The molecule has 2 N–H and O–H groups in total. The normalized spacial score (nSPS) is 12.3. The molecule has 3 aromatic carbocycles. The number of hydrogen-bond acceptors (Lipinski definition) is 4. The zero-order chi connectivity index (χ0) is 22.0. The minimum atomic E-state index is -0.390. The molecule has 0 fully saturated rings. The van der Waals surface area contributed by atoms with Gasteiger partial charge in [0, 0.05) is 38.5 Å². The largest absolute Gasteiger partial charge is 0.332 e. The maximum Gasteiger partial charge on any atom is 0.250 e. The lowest BCUT2D eigenvalue weighted by Gasteiger charge is -2.18. The molecule has 4 rings (SSSR count). The first-order chi connectivity index (χ1) is 14.9. The van der Waals surface area contributed by atoms with Gasteiger partial charge in [0.15, 0.2) is 16.7 Å². The van der Waals surface area contributed by atoms with E-state index in [0.29, 0.717) is 27.9 Å². The molecule has 1 aliphatic rings. The minimum absolute atomic E-state index is 0.0837. The summed E-state index contributed by atoms with van der Waals surface area (Å²) in [6, 6.07) is 19.1. The van der Waals surface area contributed by atoms with E-state index in [9.17, 15) is 14.4 Å². The number of benzene rings is 3. The van der Waals surface area contributed by atoms with Crippen molar-refractivity contribution in [2.75, 3.05) is 5.32 Å². The van der Waals surface area contributed by atoms with Crippen LogP contribution in [0.4, 0.5) is 5.69 Å². The van der Waals surface area contributed by atoms with Crippen molar-refractivity contribution in [2.24, 2.45) is 0 Å². The molecule has 0 aromatic heterocycles. The molecule has 0 aliphatic heterocycles. The Morgan fingerprint density at radius 2 is 1.45 bits per heavy atom. The average Bonchev–Trinajstić information content (AvgIpc) is 2.77. The third-order valence-electron chi connectivity index (χ3n) is 4.72. The third-order valence-corrected chi connectivity index (χ3v) is 5.45. The van der Waals surface area contributed by atoms with E-state index in [-0.39, 0.29) is 16.7 Å². The summed E-state index contributed by atoms with van der Waals surface area (Å²) in [6.07, 6.45) is 3.05. The molecule has 7 heteroatoms. The van der Waals surface area contributed by atoms with E-state index in [1.54, 1.807) is 48.5 Å². The SMILES string of the molecule is O=C(/C=C/c1ccc(Br)cc1)NC(=S)Nc1ccc2c(c1)C(=O)c1ccccc1C2=O. The maximum absolute atomic E-state index is 12.8. The number of rotatable bonds is 3. The number of halogens is 1. The van der Waals surface area contributed by atoms with Gasteiger partial charge >= 0.3 is 0 Å². The Kier molecular flexibility index (Phi) is 5.88. The molecule has 0 radical (unpaired) electrons. The van der Waals surface area contributed by atoms with E-state index >= 15 is 0 Å². The number of carbonyl (C=O) groups is 3. The Morgan fingerprint density at radius 3 is 2.13 bits per heavy atom. The van der Waals surface area contributed by atoms with Crippen molar-refractivity contribution in [1.29, 1.82) is 0 Å². The Labute approximate surface area is 192 Å². The number of nitrogens with one attached hydrogen (secondary N) is 2. The molecule has 0 spiro atoms. The Morgan fingerprint density at radius 1 is 0.839 bits per heavy atom. The number of carbonyl (C=O) groups excluding carboxylic acids is 3. The van der Waals surface area contributed by atoms with Crippen LogP contribution in [0.3, 0.4) is 0 Å². The standard InChI is InChI=1S/C24H15BrN2O3S/c25-15-8-5-14(6-9-15)7-12-21(28)27-24(31)26-16-10-11-19-20(13-16)23(30)18-4-2-1-3-17(18)22(19)29/h1-13H,(H2,26,27,28,31)/b12-7+. The zero-order valence-corrected chi connectivity index (χ0v) is 18.4. The fourth-order valence-corrected chi connectivity index (χ4v) is 3.72. The summed E-state index contributed by atoms with van der Waals surface area (Å²) in [7, 11) is 0. The van der Waals surface area contributed by atoms with Crippen LogP contribution in [0, 0.1) is 0 Å². The highest BCUT2D eigenvalue weighted by molar-refractivity contribution is 9.10. The van der Waals surface area contributed by atoms with Gasteiger partial charge in [-0.2, -0.15) is 0 Å². The van der Waals surface area contributed by atoms with Crippen LogP contribution in [-0.4, -0.2) is 22.6 Å². The third kappa shape index (κ3) is 4.52. The summed E-state index contributed by atoms with van der Waals surface area (Å²) in [5, 5.41) is 5.53. The van der Waals surface area contributed by atoms with E-state index in [4.69, 9.17) is 12.2 Å². The van der Waals surface area contributed by atoms with Crippen molar-refractivity contribution in [2.45, 2.75) is 0 Å². The molecular formula is C24H15BrN2O3S. The van der Waals surface area contributed by atoms with Crippen LogP contribution in [0.15, 0.2) is 77.3 Å². The lowest BCUT2D eigenvalue weighted by Crippen LogP contribution is -2.33. The van der Waals surface area contributed by atoms with Gasteiger partial charge in [0.05, 0.1) is 0 Å². The van der Waals surface area contributed by atoms with Gasteiger partial charge in [-0.15, -0.1) is 0 Å². The molecule has 0 unspecified atom stereocenters. The van der Waals surface area contributed by atoms with Crippen molar-refractivity contribution in [3.63, 3.8) is 0 Å². The predicted molar refractivity (Wildman–Crippen MR) is 127 cm³/mol. The fraction of sp³-hybridized carbons (Fsp3) is 0. The van der Waals surface area contributed by atoms with Gasteiger partial charge in [0.25, 0.3) is 0 Å². The summed E-state index contributed by atoms with van der Waals surface area (Å²) < 4.78 is 0.952. The van der Waals surface area contributed by atoms with E-state index in [0.717, 1.165) is 10.0 Å². The van der Waals surface area contributed by atoms with E-state index in [2.05, 4.69) is 26.6 Å². The van der Waals surface area contributed by atoms with Crippen molar-refractivity contribution in [3.05, 3.63) is 105 Å². The number of fused-ring (bicyclic) bond motifs is 2. The summed E-state index contributed by atoms with van der Waals surface area (Å²) in [5.74, 6) is -0.800. The molecule has 31 heavy (non-hydrogen) atoms. The number of thiocarbonyl (C=S) groups is 1. The minimum Gasteiger partial charge on any atom is -0.332 e. The molecule has 0 bridgehead atoms. The number of amides is 1. The second kappa shape index (κ2) is 8.75. The first-order valence-electron chi connectivity index (χ1n) is 9.30. The second-order valence-corrected chi connectivity index (χ2v) is 8.12. The summed E-state index contributed by atoms with van der Waals surface area (Å²) in [4.78, 5) is 37.6. The molecule has 5 nitrogen and oxygen atoms in total. The van der Waals surface area contributed by atoms with Gasteiger partial charge in [-0.05, 0) is 54.2 Å². The molecule has 1 amide bonds. The molecule has 3 aromatic rings. The first kappa shape index (κ1) is 20.8. The number of anilines is 1. The van der Waals surface area contributed by atoms with Crippen molar-refractivity contribution >= 4 is 62.5 Å². The predicted octanol–water partition coefficient (Wildman–Crippen LogP) is 4.75. The average molecular weight is 491 g/mol. The van der Waals surface area contributed by atoms with Crippen LogP contribution >= 0.6 is 28.1 Å². The van der Waals surface area contributed by atoms with Crippen LogP contribution in [0.5, 0.6) is 0 Å².